The first-order valence-electron chi connectivity index (χ1n) is 6.14. The summed E-state index contributed by atoms with van der Waals surface area (Å²) in [5.74, 6) is 5.87. The summed E-state index contributed by atoms with van der Waals surface area (Å²) in [4.78, 5) is 12.2. The molecule has 16 heavy (non-hydrogen) atoms. The van der Waals surface area contributed by atoms with Gasteiger partial charge in [-0.25, -0.2) is 0 Å². The van der Waals surface area contributed by atoms with Gasteiger partial charge in [-0.3, -0.25) is 4.79 Å². The van der Waals surface area contributed by atoms with E-state index in [4.69, 9.17) is 0 Å². The van der Waals surface area contributed by atoms with E-state index in [1.165, 1.54) is 0 Å². The summed E-state index contributed by atoms with van der Waals surface area (Å²) in [7, 11) is 0. The van der Waals surface area contributed by atoms with Gasteiger partial charge in [0.2, 0.25) is 5.91 Å². The largest absolute Gasteiger partial charge is 0.345 e. The molecule has 0 unspecified atom stereocenters. The lowest BCUT2D eigenvalue weighted by atomic mass is 9.74. The van der Waals surface area contributed by atoms with E-state index in [1.807, 2.05) is 0 Å². The number of carbonyl (C=O) groups is 1. The lowest BCUT2D eigenvalue weighted by molar-refractivity contribution is -0.132. The fourth-order valence-corrected chi connectivity index (χ4v) is 2.37. The molecule has 0 aliphatic carbocycles. The van der Waals surface area contributed by atoms with E-state index in [0.29, 0.717) is 6.54 Å². The van der Waals surface area contributed by atoms with Gasteiger partial charge in [-0.05, 0) is 39.3 Å². The molecule has 2 N–H and O–H groups in total. The van der Waals surface area contributed by atoms with E-state index < -0.39 is 0 Å². The van der Waals surface area contributed by atoms with E-state index in [0.717, 1.165) is 38.8 Å². The highest BCUT2D eigenvalue weighted by molar-refractivity contribution is 5.83. The summed E-state index contributed by atoms with van der Waals surface area (Å²) >= 11 is 0. The SMILES string of the molecule is CC#CCNC(=O)C1(CCC)CCNCC1. The lowest BCUT2D eigenvalue weighted by Crippen LogP contribution is -2.47. The number of rotatable bonds is 4. The van der Waals surface area contributed by atoms with Crippen LogP contribution in [0.25, 0.3) is 0 Å². The van der Waals surface area contributed by atoms with Crippen molar-refractivity contribution in [1.29, 1.82) is 0 Å². The van der Waals surface area contributed by atoms with Crippen molar-refractivity contribution in [2.24, 2.45) is 5.41 Å². The molecular weight excluding hydrogens is 200 g/mol. The molecule has 1 rings (SSSR count). The van der Waals surface area contributed by atoms with Gasteiger partial charge in [0, 0.05) is 0 Å². The minimum absolute atomic E-state index is 0.143. The molecule has 0 atom stereocenters. The Kier molecular flexibility index (Phi) is 5.34. The maximum atomic E-state index is 12.2. The zero-order chi connectivity index (χ0) is 11.9. The first-order valence-corrected chi connectivity index (χ1v) is 6.14. The summed E-state index contributed by atoms with van der Waals surface area (Å²) in [6.07, 6.45) is 3.95. The zero-order valence-corrected chi connectivity index (χ0v) is 10.4. The molecule has 0 spiro atoms. The van der Waals surface area contributed by atoms with Crippen LogP contribution < -0.4 is 10.6 Å². The molecule has 0 saturated carbocycles. The second kappa shape index (κ2) is 6.55. The van der Waals surface area contributed by atoms with Crippen LogP contribution in [-0.4, -0.2) is 25.5 Å². The van der Waals surface area contributed by atoms with Crippen LogP contribution in [0.4, 0.5) is 0 Å². The van der Waals surface area contributed by atoms with Gasteiger partial charge in [-0.1, -0.05) is 19.3 Å². The summed E-state index contributed by atoms with van der Waals surface area (Å²) in [5, 5.41) is 6.25. The molecule has 0 aromatic carbocycles. The van der Waals surface area contributed by atoms with E-state index in [9.17, 15) is 4.79 Å². The fraction of sp³-hybridized carbons (Fsp3) is 0.769. The quantitative estimate of drug-likeness (QED) is 0.704. The summed E-state index contributed by atoms with van der Waals surface area (Å²) < 4.78 is 0. The van der Waals surface area contributed by atoms with Gasteiger partial charge in [0.15, 0.2) is 0 Å². The first kappa shape index (κ1) is 13.1. The third-order valence-electron chi connectivity index (χ3n) is 3.28. The Balaban J connectivity index is 2.59. The zero-order valence-electron chi connectivity index (χ0n) is 10.4. The number of carbonyl (C=O) groups excluding carboxylic acids is 1. The first-order chi connectivity index (χ1) is 7.75. The van der Waals surface area contributed by atoms with Gasteiger partial charge in [-0.2, -0.15) is 0 Å². The summed E-state index contributed by atoms with van der Waals surface area (Å²) in [5.41, 5.74) is -0.143. The third kappa shape index (κ3) is 3.24. The molecule has 1 amide bonds. The average Bonchev–Trinajstić information content (AvgIpc) is 2.31. The van der Waals surface area contributed by atoms with Crippen molar-refractivity contribution in [3.05, 3.63) is 0 Å². The average molecular weight is 222 g/mol. The number of amides is 1. The maximum Gasteiger partial charge on any atom is 0.227 e. The highest BCUT2D eigenvalue weighted by Crippen LogP contribution is 2.34. The van der Waals surface area contributed by atoms with Crippen LogP contribution in [0.2, 0.25) is 0 Å². The van der Waals surface area contributed by atoms with Crippen LogP contribution >= 0.6 is 0 Å². The van der Waals surface area contributed by atoms with E-state index in [1.54, 1.807) is 6.92 Å². The van der Waals surface area contributed by atoms with Crippen LogP contribution in [-0.2, 0) is 4.79 Å². The molecule has 0 aromatic rings. The van der Waals surface area contributed by atoms with Crippen LogP contribution in [0, 0.1) is 17.3 Å². The second-order valence-electron chi connectivity index (χ2n) is 4.39. The van der Waals surface area contributed by atoms with Crippen LogP contribution in [0.5, 0.6) is 0 Å². The standard InChI is InChI=1S/C13H22N2O/c1-3-5-9-15-12(16)13(6-4-2)7-10-14-11-8-13/h14H,4,6-11H2,1-2H3,(H,15,16). The molecule has 1 aliphatic heterocycles. The molecule has 0 bridgehead atoms. The second-order valence-corrected chi connectivity index (χ2v) is 4.39. The molecule has 90 valence electrons. The number of hydrogen-bond donors (Lipinski definition) is 2. The Morgan fingerprint density at radius 3 is 2.69 bits per heavy atom. The van der Waals surface area contributed by atoms with Crippen molar-refractivity contribution in [2.75, 3.05) is 19.6 Å². The normalized spacial score (nSPS) is 18.4. The van der Waals surface area contributed by atoms with Crippen LogP contribution in [0.15, 0.2) is 0 Å². The van der Waals surface area contributed by atoms with E-state index in [-0.39, 0.29) is 11.3 Å². The summed E-state index contributed by atoms with van der Waals surface area (Å²) in [6, 6.07) is 0. The van der Waals surface area contributed by atoms with Gasteiger partial charge in [0.05, 0.1) is 12.0 Å². The highest BCUT2D eigenvalue weighted by atomic mass is 16.2. The van der Waals surface area contributed by atoms with Crippen LogP contribution in [0.3, 0.4) is 0 Å². The Morgan fingerprint density at radius 2 is 2.12 bits per heavy atom. The predicted octanol–water partition coefficient (Wildman–Crippen LogP) is 1.30. The smallest absolute Gasteiger partial charge is 0.227 e. The van der Waals surface area contributed by atoms with Gasteiger partial charge in [0.25, 0.3) is 0 Å². The number of hydrogen-bond acceptors (Lipinski definition) is 2. The molecule has 1 heterocycles. The number of piperidine rings is 1. The van der Waals surface area contributed by atoms with Crippen molar-refractivity contribution < 1.29 is 4.79 Å². The van der Waals surface area contributed by atoms with Gasteiger partial charge < -0.3 is 10.6 Å². The lowest BCUT2D eigenvalue weighted by Gasteiger charge is -2.35. The van der Waals surface area contributed by atoms with E-state index in [2.05, 4.69) is 29.4 Å². The Bertz CT molecular complexity index is 277. The maximum absolute atomic E-state index is 12.2. The fourth-order valence-electron chi connectivity index (χ4n) is 2.37. The highest BCUT2D eigenvalue weighted by Gasteiger charge is 2.38. The van der Waals surface area contributed by atoms with Crippen LogP contribution in [0.1, 0.15) is 39.5 Å². The third-order valence-corrected chi connectivity index (χ3v) is 3.28. The monoisotopic (exact) mass is 222 g/mol. The molecule has 3 heteroatoms. The van der Waals surface area contributed by atoms with Crippen molar-refractivity contribution in [3.63, 3.8) is 0 Å². The molecule has 1 saturated heterocycles. The van der Waals surface area contributed by atoms with Crippen molar-refractivity contribution in [3.8, 4) is 11.8 Å². The molecule has 0 aromatic heterocycles. The number of nitrogens with one attached hydrogen (secondary N) is 2. The van der Waals surface area contributed by atoms with E-state index >= 15 is 0 Å². The van der Waals surface area contributed by atoms with Gasteiger partial charge in [0.1, 0.15) is 0 Å². The topological polar surface area (TPSA) is 41.1 Å². The Hall–Kier alpha value is -1.01. The van der Waals surface area contributed by atoms with Gasteiger partial charge >= 0.3 is 0 Å². The molecule has 0 radical (unpaired) electrons. The van der Waals surface area contributed by atoms with Crippen molar-refractivity contribution >= 4 is 5.91 Å². The van der Waals surface area contributed by atoms with Crippen molar-refractivity contribution in [1.82, 2.24) is 10.6 Å². The molecule has 1 fully saturated rings. The predicted molar refractivity (Wildman–Crippen MR) is 65.9 cm³/mol. The summed E-state index contributed by atoms with van der Waals surface area (Å²) in [6.45, 7) is 6.31. The van der Waals surface area contributed by atoms with Crippen molar-refractivity contribution in [2.45, 2.75) is 39.5 Å². The Morgan fingerprint density at radius 1 is 1.44 bits per heavy atom. The molecule has 1 aliphatic rings. The molecule has 3 nitrogen and oxygen atoms in total. The minimum atomic E-state index is -0.143. The molecular formula is C13H22N2O. The minimum Gasteiger partial charge on any atom is -0.345 e. The Labute approximate surface area is 98.4 Å². The van der Waals surface area contributed by atoms with Gasteiger partial charge in [-0.15, -0.1) is 5.92 Å².